The van der Waals surface area contributed by atoms with E-state index < -0.39 is 0 Å². The summed E-state index contributed by atoms with van der Waals surface area (Å²) in [6.45, 7) is 5.83. The van der Waals surface area contributed by atoms with E-state index in [9.17, 15) is 0 Å². The Morgan fingerprint density at radius 3 is 2.89 bits per heavy atom. The number of nitrogens with one attached hydrogen (secondary N) is 1. The molecule has 0 spiro atoms. The molecule has 1 aromatic rings. The van der Waals surface area contributed by atoms with Gasteiger partial charge in [0, 0.05) is 38.0 Å². The Kier molecular flexibility index (Phi) is 4.96. The lowest BCUT2D eigenvalue weighted by atomic mass is 10.1. The minimum absolute atomic E-state index is 0.433. The first-order chi connectivity index (χ1) is 8.85. The molecule has 1 aromatic heterocycles. The van der Waals surface area contributed by atoms with Crippen LogP contribution >= 0.6 is 0 Å². The third-order valence-corrected chi connectivity index (χ3v) is 3.38. The van der Waals surface area contributed by atoms with Crippen LogP contribution in [0.25, 0.3) is 0 Å². The molecule has 0 atom stereocenters. The van der Waals surface area contributed by atoms with Gasteiger partial charge in [0.1, 0.15) is 5.82 Å². The molecule has 1 aliphatic rings. The highest BCUT2D eigenvalue weighted by atomic mass is 16.5. The van der Waals surface area contributed by atoms with E-state index in [2.05, 4.69) is 28.2 Å². The maximum absolute atomic E-state index is 5.69. The summed E-state index contributed by atoms with van der Waals surface area (Å²) < 4.78 is 5.69. The van der Waals surface area contributed by atoms with E-state index in [1.807, 2.05) is 19.3 Å². The van der Waals surface area contributed by atoms with Crippen molar-refractivity contribution in [2.45, 2.75) is 32.4 Å². The Morgan fingerprint density at radius 2 is 2.22 bits per heavy atom. The molecule has 1 saturated heterocycles. The predicted molar refractivity (Wildman–Crippen MR) is 73.9 cm³/mol. The summed E-state index contributed by atoms with van der Waals surface area (Å²) in [5.41, 5.74) is 1.27. The van der Waals surface area contributed by atoms with Crippen LogP contribution in [0.3, 0.4) is 0 Å². The lowest BCUT2D eigenvalue weighted by Crippen LogP contribution is -2.38. The van der Waals surface area contributed by atoms with Crippen molar-refractivity contribution in [1.82, 2.24) is 10.3 Å². The topological polar surface area (TPSA) is 37.4 Å². The molecule has 2 rings (SSSR count). The molecule has 0 radical (unpaired) electrons. The Hall–Kier alpha value is -1.13. The first kappa shape index (κ1) is 13.3. The minimum atomic E-state index is 0.433. The van der Waals surface area contributed by atoms with Crippen LogP contribution in [-0.2, 0) is 11.3 Å². The molecule has 0 amide bonds. The number of anilines is 1. The van der Waals surface area contributed by atoms with E-state index in [1.165, 1.54) is 5.56 Å². The summed E-state index contributed by atoms with van der Waals surface area (Å²) in [7, 11) is 1.97. The number of hydrogen-bond donors (Lipinski definition) is 1. The lowest BCUT2D eigenvalue weighted by Gasteiger charge is -2.33. The highest BCUT2D eigenvalue weighted by molar-refractivity contribution is 5.47. The smallest absolute Gasteiger partial charge is 0.133 e. The normalized spacial score (nSPS) is 17.1. The number of piperidine rings is 1. The Bertz CT molecular complexity index is 362. The molecule has 1 aliphatic heterocycles. The van der Waals surface area contributed by atoms with Gasteiger partial charge in [0.05, 0.1) is 6.10 Å². The monoisotopic (exact) mass is 249 g/mol. The highest BCUT2D eigenvalue weighted by Crippen LogP contribution is 2.22. The lowest BCUT2D eigenvalue weighted by molar-refractivity contribution is 0.0458. The van der Waals surface area contributed by atoms with Crippen LogP contribution < -0.4 is 10.2 Å². The van der Waals surface area contributed by atoms with Gasteiger partial charge in [-0.15, -0.1) is 0 Å². The molecule has 0 aromatic carbocycles. The van der Waals surface area contributed by atoms with Crippen molar-refractivity contribution >= 4 is 5.82 Å². The van der Waals surface area contributed by atoms with E-state index in [1.54, 1.807) is 0 Å². The van der Waals surface area contributed by atoms with Crippen LogP contribution in [0, 0.1) is 0 Å². The Labute approximate surface area is 109 Å². The van der Waals surface area contributed by atoms with Gasteiger partial charge in [0.15, 0.2) is 0 Å². The fourth-order valence-electron chi connectivity index (χ4n) is 2.51. The van der Waals surface area contributed by atoms with E-state index in [0.29, 0.717) is 6.10 Å². The first-order valence-corrected chi connectivity index (χ1v) is 6.80. The fraction of sp³-hybridized carbons (Fsp3) is 0.643. The van der Waals surface area contributed by atoms with Crippen LogP contribution in [0.5, 0.6) is 0 Å². The largest absolute Gasteiger partial charge is 0.378 e. The molecule has 100 valence electrons. The average Bonchev–Trinajstić information content (AvgIpc) is 2.41. The summed E-state index contributed by atoms with van der Waals surface area (Å²) >= 11 is 0. The first-order valence-electron chi connectivity index (χ1n) is 6.80. The Balaban J connectivity index is 2.00. The van der Waals surface area contributed by atoms with Gasteiger partial charge >= 0.3 is 0 Å². The van der Waals surface area contributed by atoms with Gasteiger partial charge in [0.2, 0.25) is 0 Å². The van der Waals surface area contributed by atoms with Gasteiger partial charge in [-0.25, -0.2) is 4.98 Å². The van der Waals surface area contributed by atoms with Gasteiger partial charge in [0.25, 0.3) is 0 Å². The van der Waals surface area contributed by atoms with Crippen molar-refractivity contribution in [2.24, 2.45) is 0 Å². The second-order valence-corrected chi connectivity index (χ2v) is 4.66. The zero-order valence-electron chi connectivity index (χ0n) is 11.4. The third kappa shape index (κ3) is 3.21. The molecule has 0 unspecified atom stereocenters. The SMILES string of the molecule is CCOC1CCN(c2ncccc2CNC)CC1. The molecular formula is C14H23N3O. The van der Waals surface area contributed by atoms with E-state index in [-0.39, 0.29) is 0 Å². The van der Waals surface area contributed by atoms with Crippen molar-refractivity contribution in [2.75, 3.05) is 31.6 Å². The molecule has 0 saturated carbocycles. The summed E-state index contributed by atoms with van der Waals surface area (Å²) in [6.07, 6.45) is 4.51. The molecule has 4 heteroatoms. The molecule has 1 N–H and O–H groups in total. The molecule has 2 heterocycles. The van der Waals surface area contributed by atoms with E-state index in [0.717, 1.165) is 44.9 Å². The molecule has 1 fully saturated rings. The third-order valence-electron chi connectivity index (χ3n) is 3.38. The quantitative estimate of drug-likeness (QED) is 0.863. The van der Waals surface area contributed by atoms with Crippen molar-refractivity contribution in [3.05, 3.63) is 23.9 Å². The second kappa shape index (κ2) is 6.71. The van der Waals surface area contributed by atoms with Gasteiger partial charge in [-0.05, 0) is 32.9 Å². The number of ether oxygens (including phenoxy) is 1. The van der Waals surface area contributed by atoms with Gasteiger partial charge in [-0.1, -0.05) is 6.07 Å². The molecule has 4 nitrogen and oxygen atoms in total. The maximum Gasteiger partial charge on any atom is 0.133 e. The van der Waals surface area contributed by atoms with E-state index in [4.69, 9.17) is 4.74 Å². The van der Waals surface area contributed by atoms with Crippen LogP contribution in [-0.4, -0.2) is 37.8 Å². The molecule has 0 aliphatic carbocycles. The number of aromatic nitrogens is 1. The number of pyridine rings is 1. The fourth-order valence-corrected chi connectivity index (χ4v) is 2.51. The zero-order valence-corrected chi connectivity index (χ0v) is 11.4. The summed E-state index contributed by atoms with van der Waals surface area (Å²) in [5.74, 6) is 1.13. The van der Waals surface area contributed by atoms with Crippen LogP contribution in [0.4, 0.5) is 5.82 Å². The summed E-state index contributed by atoms with van der Waals surface area (Å²) in [6, 6.07) is 4.15. The zero-order chi connectivity index (χ0) is 12.8. The van der Waals surface area contributed by atoms with Crippen molar-refractivity contribution < 1.29 is 4.74 Å². The molecular weight excluding hydrogens is 226 g/mol. The predicted octanol–water partition coefficient (Wildman–Crippen LogP) is 1.81. The number of rotatable bonds is 5. The standard InChI is InChI=1S/C14H23N3O/c1-3-18-13-6-9-17(10-7-13)14-12(11-15-2)5-4-8-16-14/h4-5,8,13,15H,3,6-7,9-11H2,1-2H3. The Morgan fingerprint density at radius 1 is 1.44 bits per heavy atom. The second-order valence-electron chi connectivity index (χ2n) is 4.66. The van der Waals surface area contributed by atoms with Gasteiger partial charge in [-0.2, -0.15) is 0 Å². The van der Waals surface area contributed by atoms with Crippen molar-refractivity contribution in [3.63, 3.8) is 0 Å². The summed E-state index contributed by atoms with van der Waals surface area (Å²) in [5, 5.41) is 3.20. The van der Waals surface area contributed by atoms with Gasteiger partial charge in [-0.3, -0.25) is 0 Å². The van der Waals surface area contributed by atoms with Crippen LogP contribution in [0.15, 0.2) is 18.3 Å². The van der Waals surface area contributed by atoms with Crippen molar-refractivity contribution in [1.29, 1.82) is 0 Å². The van der Waals surface area contributed by atoms with Gasteiger partial charge < -0.3 is 15.0 Å². The highest BCUT2D eigenvalue weighted by Gasteiger charge is 2.21. The summed E-state index contributed by atoms with van der Waals surface area (Å²) in [4.78, 5) is 6.91. The minimum Gasteiger partial charge on any atom is -0.378 e. The van der Waals surface area contributed by atoms with Crippen molar-refractivity contribution in [3.8, 4) is 0 Å². The maximum atomic E-state index is 5.69. The average molecular weight is 249 g/mol. The molecule has 0 bridgehead atoms. The van der Waals surface area contributed by atoms with E-state index >= 15 is 0 Å². The number of hydrogen-bond acceptors (Lipinski definition) is 4. The molecule has 18 heavy (non-hydrogen) atoms. The van der Waals surface area contributed by atoms with Crippen LogP contribution in [0.2, 0.25) is 0 Å². The number of nitrogens with zero attached hydrogens (tertiary/aromatic N) is 2. The van der Waals surface area contributed by atoms with Crippen LogP contribution in [0.1, 0.15) is 25.3 Å².